The van der Waals surface area contributed by atoms with Gasteiger partial charge in [0.15, 0.2) is 0 Å². The summed E-state index contributed by atoms with van der Waals surface area (Å²) in [5.41, 5.74) is 8.12. The van der Waals surface area contributed by atoms with E-state index in [0.29, 0.717) is 0 Å². The second kappa shape index (κ2) is 8.47. The summed E-state index contributed by atoms with van der Waals surface area (Å²) in [6, 6.07) is 49.3. The maximum Gasteiger partial charge on any atom is 0.0710 e. The van der Waals surface area contributed by atoms with Gasteiger partial charge >= 0.3 is 0 Å². The lowest BCUT2D eigenvalue weighted by Gasteiger charge is -2.04. The van der Waals surface area contributed by atoms with Gasteiger partial charge in [-0.05, 0) is 77.5 Å². The van der Waals surface area contributed by atoms with Crippen LogP contribution in [0.2, 0.25) is 0 Å². The predicted octanol–water partition coefficient (Wildman–Crippen LogP) is 11.4. The summed E-state index contributed by atoms with van der Waals surface area (Å²) < 4.78 is 7.36. The third-order valence-electron chi connectivity index (χ3n) is 9.67. The molecule has 10 bridgehead atoms. The van der Waals surface area contributed by atoms with Crippen LogP contribution in [0, 0.1) is 0 Å². The summed E-state index contributed by atoms with van der Waals surface area (Å²) in [7, 11) is 0. The highest BCUT2D eigenvalue weighted by molar-refractivity contribution is 7.25. The molecular weight excluding hydrogens is 567 g/mol. The van der Waals surface area contributed by atoms with E-state index in [0.717, 1.165) is 21.9 Å². The van der Waals surface area contributed by atoms with Crippen molar-refractivity contribution in [2.45, 2.75) is 0 Å². The van der Waals surface area contributed by atoms with Gasteiger partial charge in [0.1, 0.15) is 0 Å². The van der Waals surface area contributed by atoms with Gasteiger partial charge in [-0.2, -0.15) is 0 Å². The van der Waals surface area contributed by atoms with E-state index in [1.165, 1.54) is 74.6 Å². The number of hydrogen-bond donors (Lipinski definition) is 0. The molecule has 0 unspecified atom stereocenters. The molecule has 0 aliphatic heterocycles. The number of thiophene rings is 1. The molecule has 5 heterocycles. The average molecular weight is 590 g/mol. The van der Waals surface area contributed by atoms with E-state index < -0.39 is 0 Å². The van der Waals surface area contributed by atoms with E-state index >= 15 is 0 Å². The molecule has 0 radical (unpaired) electrons. The largest absolute Gasteiger partial charge is 0.309 e. The third kappa shape index (κ3) is 3.11. The monoisotopic (exact) mass is 589 g/mol. The van der Waals surface area contributed by atoms with Crippen molar-refractivity contribution in [3.05, 3.63) is 140 Å². The summed E-state index contributed by atoms with van der Waals surface area (Å²) in [6.07, 6.45) is 2.05. The van der Waals surface area contributed by atoms with Gasteiger partial charge in [-0.15, -0.1) is 11.3 Å². The Hall–Kier alpha value is -5.71. The van der Waals surface area contributed by atoms with E-state index in [-0.39, 0.29) is 0 Å². The van der Waals surface area contributed by atoms with Gasteiger partial charge in [0.05, 0.1) is 32.3 Å². The van der Waals surface area contributed by atoms with Crippen LogP contribution in [-0.2, 0) is 0 Å². The number of para-hydroxylation sites is 2. The van der Waals surface area contributed by atoms with Crippen molar-refractivity contribution in [3.63, 3.8) is 0 Å². The van der Waals surface area contributed by atoms with Crippen molar-refractivity contribution < 1.29 is 0 Å². The molecule has 0 fully saturated rings. The maximum absolute atomic E-state index is 4.97. The van der Waals surface area contributed by atoms with Crippen LogP contribution in [0.1, 0.15) is 0 Å². The van der Waals surface area contributed by atoms with Crippen molar-refractivity contribution >= 4 is 108 Å². The molecule has 0 spiro atoms. The molecule has 0 aliphatic rings. The highest BCUT2D eigenvalue weighted by atomic mass is 32.1. The minimum Gasteiger partial charge on any atom is -0.309 e. The molecular formula is C41H23N3S. The van der Waals surface area contributed by atoms with Crippen LogP contribution in [0.25, 0.3) is 96.5 Å². The van der Waals surface area contributed by atoms with Crippen LogP contribution >= 0.6 is 11.3 Å². The fraction of sp³-hybridized carbons (Fsp3) is 0. The number of benzene rings is 6. The molecule has 4 heteroatoms. The highest BCUT2D eigenvalue weighted by Gasteiger charge is 2.17. The van der Waals surface area contributed by atoms with Crippen molar-refractivity contribution in [1.29, 1.82) is 0 Å². The third-order valence-corrected chi connectivity index (χ3v) is 10.8. The van der Waals surface area contributed by atoms with Crippen molar-refractivity contribution in [1.82, 2.24) is 13.8 Å². The van der Waals surface area contributed by atoms with Gasteiger partial charge in [-0.25, -0.2) is 0 Å². The van der Waals surface area contributed by atoms with E-state index in [1.54, 1.807) is 0 Å². The minimum absolute atomic E-state index is 0.990. The summed E-state index contributed by atoms with van der Waals surface area (Å²) in [4.78, 5) is 4.97. The van der Waals surface area contributed by atoms with Crippen molar-refractivity contribution in [2.24, 2.45) is 0 Å². The molecule has 0 saturated carbocycles. The Labute approximate surface area is 260 Å². The van der Waals surface area contributed by atoms with Gasteiger partial charge < -0.3 is 8.80 Å². The first-order valence-electron chi connectivity index (χ1n) is 15.3. The Balaban J connectivity index is 1.50. The fourth-order valence-electron chi connectivity index (χ4n) is 7.72. The van der Waals surface area contributed by atoms with E-state index in [2.05, 4.69) is 142 Å². The number of aromatic nitrogens is 3. The number of nitrogens with zero attached hydrogens (tertiary/aromatic N) is 3. The Kier molecular flexibility index (Phi) is 4.46. The lowest BCUT2D eigenvalue weighted by atomic mass is 10.1. The SMILES string of the molecule is c1ccc2c(c1)c1c3c4ccccc4n4c5cccc(c5)c5cc6c(cn5)sc5ccc(cc56)c5cccc(c5)n2c1ccc34. The van der Waals surface area contributed by atoms with Gasteiger partial charge in [-0.3, -0.25) is 4.98 Å². The Morgan fingerprint density at radius 2 is 1.02 bits per heavy atom. The van der Waals surface area contributed by atoms with Crippen LogP contribution in [0.15, 0.2) is 140 Å². The highest BCUT2D eigenvalue weighted by Crippen LogP contribution is 2.41. The normalized spacial score (nSPS) is 12.4. The van der Waals surface area contributed by atoms with Crippen LogP contribution < -0.4 is 0 Å². The number of pyridine rings is 1. The molecule has 0 amide bonds. The molecule has 208 valence electrons. The topological polar surface area (TPSA) is 21.7 Å². The zero-order chi connectivity index (χ0) is 29.2. The fourth-order valence-corrected chi connectivity index (χ4v) is 8.76. The lowest BCUT2D eigenvalue weighted by molar-refractivity contribution is 1.32. The molecule has 0 aliphatic carbocycles. The lowest BCUT2D eigenvalue weighted by Crippen LogP contribution is -1.86. The zero-order valence-electron chi connectivity index (χ0n) is 24.0. The standard InChI is InChI=1S/C41H23N3S/c1-3-13-34-29(11-1)40-36-16-17-37-41(40)30-12-2-4-14-35(30)44(37)28-10-6-8-26(20-28)33-22-32-31-21-25(15-18-38(31)45-39(32)23-42-33)24-7-5-9-27(19-24)43(34)36/h1-23H. The second-order valence-electron chi connectivity index (χ2n) is 12.0. The first-order chi connectivity index (χ1) is 22.3. The van der Waals surface area contributed by atoms with Crippen molar-refractivity contribution in [2.75, 3.05) is 0 Å². The maximum atomic E-state index is 4.97. The van der Waals surface area contributed by atoms with E-state index in [9.17, 15) is 0 Å². The molecule has 5 aromatic heterocycles. The molecule has 6 aromatic carbocycles. The summed E-state index contributed by atoms with van der Waals surface area (Å²) in [5.74, 6) is 0. The van der Waals surface area contributed by atoms with E-state index in [4.69, 9.17) is 4.98 Å². The summed E-state index contributed by atoms with van der Waals surface area (Å²) >= 11 is 1.81. The van der Waals surface area contributed by atoms with Crippen LogP contribution in [-0.4, -0.2) is 13.8 Å². The molecule has 45 heavy (non-hydrogen) atoms. The van der Waals surface area contributed by atoms with Gasteiger partial charge in [-0.1, -0.05) is 66.7 Å². The Morgan fingerprint density at radius 1 is 0.422 bits per heavy atom. The van der Waals surface area contributed by atoms with Crippen molar-refractivity contribution in [3.8, 4) is 0 Å². The van der Waals surface area contributed by atoms with Crippen LogP contribution in [0.3, 0.4) is 0 Å². The number of hydrogen-bond acceptors (Lipinski definition) is 2. The minimum atomic E-state index is 0.990. The first kappa shape index (κ1) is 23.7. The molecule has 0 N–H and O–H groups in total. The van der Waals surface area contributed by atoms with Crippen LogP contribution in [0.4, 0.5) is 0 Å². The van der Waals surface area contributed by atoms with Gasteiger partial charge in [0.2, 0.25) is 0 Å². The molecule has 0 atom stereocenters. The smallest absolute Gasteiger partial charge is 0.0710 e. The molecule has 0 saturated heterocycles. The van der Waals surface area contributed by atoms with Gasteiger partial charge in [0.25, 0.3) is 0 Å². The summed E-state index contributed by atoms with van der Waals surface area (Å²) in [5, 5.41) is 11.2. The quantitative estimate of drug-likeness (QED) is 0.172. The summed E-state index contributed by atoms with van der Waals surface area (Å²) in [6.45, 7) is 0. The number of fused-ring (bicyclic) bond motifs is 18. The average Bonchev–Trinajstić information content (AvgIpc) is 3.75. The molecule has 3 nitrogen and oxygen atoms in total. The second-order valence-corrected chi connectivity index (χ2v) is 13.1. The molecule has 11 aromatic rings. The predicted molar refractivity (Wildman–Crippen MR) is 193 cm³/mol. The van der Waals surface area contributed by atoms with E-state index in [1.807, 2.05) is 17.5 Å². The number of rotatable bonds is 0. The first-order valence-corrected chi connectivity index (χ1v) is 16.1. The van der Waals surface area contributed by atoms with Gasteiger partial charge in [0, 0.05) is 59.6 Å². The van der Waals surface area contributed by atoms with Crippen LogP contribution in [0.5, 0.6) is 0 Å². The Bertz CT molecular complexity index is 2890. The molecule has 11 rings (SSSR count). The zero-order valence-corrected chi connectivity index (χ0v) is 24.8. The Morgan fingerprint density at radius 3 is 1.73 bits per heavy atom.